The van der Waals surface area contributed by atoms with Crippen molar-refractivity contribution in [2.75, 3.05) is 63.9 Å². The van der Waals surface area contributed by atoms with Crippen LogP contribution in [0.3, 0.4) is 0 Å². The maximum atomic E-state index is 7.09. The van der Waals surface area contributed by atoms with Crippen LogP contribution in [0.1, 0.15) is 116 Å². The summed E-state index contributed by atoms with van der Waals surface area (Å²) >= 11 is 0. The van der Waals surface area contributed by atoms with Crippen LogP contribution in [0.5, 0.6) is 0 Å². The number of nitrogens with one attached hydrogen (secondary N) is 7. The highest BCUT2D eigenvalue weighted by atomic mass is 16.5. The Morgan fingerprint density at radius 2 is 0.468 bits per heavy atom. The van der Waals surface area contributed by atoms with Crippen molar-refractivity contribution >= 4 is 0 Å². The van der Waals surface area contributed by atoms with Crippen molar-refractivity contribution in [2.24, 2.45) is 107 Å². The van der Waals surface area contributed by atoms with Gasteiger partial charge in [0.2, 0.25) is 0 Å². The molecule has 0 radical (unpaired) electrons. The summed E-state index contributed by atoms with van der Waals surface area (Å²) in [4.78, 5) is 2.70. The Hall–Kier alpha value is -0.640. The van der Waals surface area contributed by atoms with Crippen LogP contribution in [-0.2, 0) is 37.9 Å². The van der Waals surface area contributed by atoms with Gasteiger partial charge in [-0.05, 0) is 118 Å². The zero-order chi connectivity index (χ0) is 52.5. The number of methoxy groups -OCH3 is 8. The van der Waals surface area contributed by atoms with Gasteiger partial charge in [-0.1, -0.05) is 64.2 Å². The van der Waals surface area contributed by atoms with Gasteiger partial charge >= 0.3 is 0 Å². The normalized spacial score (nSPS) is 57.8. The van der Waals surface area contributed by atoms with Crippen LogP contribution < -0.4 is 37.2 Å². The zero-order valence-corrected chi connectivity index (χ0v) is 48.6. The monoisotopic (exact) mass is 1080 g/mol. The summed E-state index contributed by atoms with van der Waals surface area (Å²) in [6, 6.07) is 0. The van der Waals surface area contributed by atoms with E-state index < -0.39 is 0 Å². The first-order valence-electron chi connectivity index (χ1n) is 32.1. The van der Waals surface area contributed by atoms with Crippen LogP contribution >= 0.6 is 0 Å². The molecule has 34 unspecified atom stereocenters. The van der Waals surface area contributed by atoms with Gasteiger partial charge in [-0.15, -0.1) is 0 Å². The van der Waals surface area contributed by atoms with Crippen molar-refractivity contribution < 1.29 is 37.9 Å². The molecule has 16 heteroatoms. The summed E-state index contributed by atoms with van der Waals surface area (Å²) in [5.41, 5.74) is 0. The molecular formula is C61H104N8O8. The molecule has 5 heterocycles. The Labute approximate surface area is 462 Å². The molecule has 5 saturated heterocycles. The Morgan fingerprint density at radius 3 is 0.714 bits per heavy atom. The maximum Gasteiger partial charge on any atom is 0.0678 e. The molecule has 0 aromatic rings. The molecule has 9 aliphatic carbocycles. The second-order valence-electron chi connectivity index (χ2n) is 28.2. The fourth-order valence-electron chi connectivity index (χ4n) is 23.8. The van der Waals surface area contributed by atoms with Gasteiger partial charge in [0.1, 0.15) is 0 Å². The third kappa shape index (κ3) is 8.43. The molecule has 77 heavy (non-hydrogen) atoms. The van der Waals surface area contributed by atoms with Crippen LogP contribution in [0.4, 0.5) is 0 Å². The van der Waals surface area contributed by atoms with E-state index in [0.29, 0.717) is 47.3 Å². The lowest BCUT2D eigenvalue weighted by Gasteiger charge is -2.56. The van der Waals surface area contributed by atoms with E-state index in [1.807, 2.05) is 56.9 Å². The molecule has 7 N–H and O–H groups in total. The fraction of sp³-hybridized carbons (Fsp3) is 1.00. The molecule has 8 bridgehead atoms. The first kappa shape index (κ1) is 54.3. The predicted octanol–water partition coefficient (Wildman–Crippen LogP) is 5.08. The van der Waals surface area contributed by atoms with Crippen LogP contribution in [0.15, 0.2) is 0 Å². The predicted molar refractivity (Wildman–Crippen MR) is 292 cm³/mol. The molecule has 14 rings (SSSR count). The zero-order valence-electron chi connectivity index (χ0n) is 48.6. The fourth-order valence-corrected chi connectivity index (χ4v) is 23.8. The van der Waals surface area contributed by atoms with E-state index >= 15 is 0 Å². The highest BCUT2D eigenvalue weighted by Gasteiger charge is 2.69. The minimum Gasteiger partial charge on any atom is -0.381 e. The lowest BCUT2D eigenvalue weighted by molar-refractivity contribution is -0.173. The molecule has 0 aromatic carbocycles. The number of ether oxygens (including phenoxy) is 8. The Bertz CT molecular complexity index is 2030. The maximum absolute atomic E-state index is 7.09. The molecular weight excluding hydrogens is 973 g/mol. The summed E-state index contributed by atoms with van der Waals surface area (Å²) in [6.07, 6.45) is 22.9. The minimum atomic E-state index is -0.0620. The van der Waals surface area contributed by atoms with Crippen molar-refractivity contribution in [3.05, 3.63) is 0 Å². The SMILES string of the molecule is COC1C2CCCCC2C(OC)C2C3NC(NC4NC(NC5C6C(OC)C7CCCCC7C(OC)C6C(NC6NC(N3)C3C(OC)C7CC8CCCCC8CC7C(OC)C63)N5C)C3C(OC)C5CCCCC5C(OC)C43)C12. The van der Waals surface area contributed by atoms with Crippen molar-refractivity contribution in [1.29, 1.82) is 0 Å². The molecule has 9 saturated carbocycles. The van der Waals surface area contributed by atoms with Crippen LogP contribution in [0.2, 0.25) is 0 Å². The van der Waals surface area contributed by atoms with Gasteiger partial charge in [0, 0.05) is 104 Å². The molecule has 14 aliphatic rings. The average molecular weight is 1080 g/mol. The summed E-state index contributed by atoms with van der Waals surface area (Å²) in [5, 5.41) is 31.5. The second-order valence-corrected chi connectivity index (χ2v) is 28.2. The average Bonchev–Trinajstić information content (AvgIpc) is 4.35. The van der Waals surface area contributed by atoms with E-state index in [9.17, 15) is 0 Å². The van der Waals surface area contributed by atoms with Crippen LogP contribution in [0, 0.1) is 107 Å². The smallest absolute Gasteiger partial charge is 0.0678 e. The summed E-state index contributed by atoms with van der Waals surface area (Å²) in [7, 11) is 18.5. The molecule has 14 fully saturated rings. The van der Waals surface area contributed by atoms with Gasteiger partial charge in [-0.25, -0.2) is 0 Å². The van der Waals surface area contributed by atoms with Crippen molar-refractivity contribution in [2.45, 2.75) is 214 Å². The van der Waals surface area contributed by atoms with Crippen molar-refractivity contribution in [1.82, 2.24) is 42.1 Å². The van der Waals surface area contributed by atoms with E-state index in [1.165, 1.54) is 116 Å². The third-order valence-corrected chi connectivity index (χ3v) is 26.2. The molecule has 5 aliphatic heterocycles. The van der Waals surface area contributed by atoms with Gasteiger partial charge in [0.25, 0.3) is 0 Å². The van der Waals surface area contributed by atoms with E-state index in [4.69, 9.17) is 37.9 Å². The minimum absolute atomic E-state index is 0.0102. The lowest BCUT2D eigenvalue weighted by atomic mass is 9.54. The number of rotatable bonds is 8. The van der Waals surface area contributed by atoms with Crippen molar-refractivity contribution in [3.8, 4) is 0 Å². The van der Waals surface area contributed by atoms with Gasteiger partial charge in [0.15, 0.2) is 0 Å². The van der Waals surface area contributed by atoms with Gasteiger partial charge < -0.3 is 37.9 Å². The van der Waals surface area contributed by atoms with Crippen LogP contribution in [0.25, 0.3) is 0 Å². The van der Waals surface area contributed by atoms with E-state index in [0.717, 1.165) is 11.8 Å². The molecule has 0 spiro atoms. The van der Waals surface area contributed by atoms with Crippen molar-refractivity contribution in [3.63, 3.8) is 0 Å². The van der Waals surface area contributed by atoms with E-state index in [1.54, 1.807) is 0 Å². The highest BCUT2D eigenvalue weighted by Crippen LogP contribution is 2.60. The van der Waals surface area contributed by atoms with Gasteiger partial charge in [-0.3, -0.25) is 42.1 Å². The number of nitrogens with zero attached hydrogens (tertiary/aromatic N) is 1. The summed E-state index contributed by atoms with van der Waals surface area (Å²) in [6.45, 7) is 0. The molecule has 436 valence electrons. The number of fused-ring (bicyclic) bond motifs is 25. The van der Waals surface area contributed by atoms with Gasteiger partial charge in [0.05, 0.1) is 98.2 Å². The first-order valence-corrected chi connectivity index (χ1v) is 32.1. The highest BCUT2D eigenvalue weighted by molar-refractivity contribution is 5.20. The first-order chi connectivity index (χ1) is 37.8. The molecule has 0 amide bonds. The van der Waals surface area contributed by atoms with E-state index in [-0.39, 0.29) is 146 Å². The second kappa shape index (κ2) is 22.1. The number of hydrogen-bond donors (Lipinski definition) is 7. The molecule has 0 aromatic heterocycles. The lowest BCUT2D eigenvalue weighted by Crippen LogP contribution is -2.63. The third-order valence-electron chi connectivity index (χ3n) is 26.2. The topological polar surface area (TPSA) is 161 Å². The van der Waals surface area contributed by atoms with Crippen LogP contribution in [-0.4, -0.2) is 167 Å². The Balaban J connectivity index is 0.926. The summed E-state index contributed by atoms with van der Waals surface area (Å²) in [5.74, 6) is 6.39. The largest absolute Gasteiger partial charge is 0.381 e. The Morgan fingerprint density at radius 1 is 0.260 bits per heavy atom. The molecule has 34 atom stereocenters. The van der Waals surface area contributed by atoms with E-state index in [2.05, 4.69) is 49.2 Å². The van der Waals surface area contributed by atoms with Gasteiger partial charge in [-0.2, -0.15) is 0 Å². The standard InChI is InChI=1S/C61H104N8O8/c1-69-60-44-45(51(75-7)35-25-17-16-24-34(35)50(44)74-6)61(69)68-59-43-42(52(76-8)36-26-28-18-10-11-19-29(28)27-37(36)53(43)77-9)57(66-59)64-55-39-38(46(70-2)30-20-12-13-21-31(30)47(39)71-3)54(62-55)63-56-40-41(58(65-56)67-60)49(73-5)33-23-15-14-22-32(33)48(40)72-4/h28-68H,10-27H2,1-9H3. The number of hydrogen-bond acceptors (Lipinski definition) is 16. The molecule has 16 nitrogen and oxygen atoms in total. The Kier molecular flexibility index (Phi) is 15.6. The summed E-state index contributed by atoms with van der Waals surface area (Å²) < 4.78 is 55.9. The quantitative estimate of drug-likeness (QED) is 0.172.